The molecule has 0 bridgehead atoms. The number of carbonyl (C=O) groups is 1. The highest BCUT2D eigenvalue weighted by Gasteiger charge is 2.31. The molecule has 11 nitrogen and oxygen atoms in total. The SMILES string of the molecule is CCCCOc1ccc(/C=N\NC(=O)CN(c2cc(Cl)ccc2OC)S(=O)(=O)c2ccc(C)c([N+](=O)[O-])c2)cc1. The standard InChI is InChI=1S/C27H29ClN4O7S/c1-4-5-14-39-22-10-7-20(8-11-22)17-29-30-27(33)18-31(25-15-21(28)9-13-26(25)38-3)40(36,37)23-12-6-19(2)24(16-23)32(34)35/h6-13,15-17H,4-5,14,18H2,1-3H3,(H,30,33)/b29-17-. The molecule has 3 rings (SSSR count). The van der Waals surface area contributed by atoms with E-state index >= 15 is 0 Å². The first-order valence-corrected chi connectivity index (χ1v) is 14.0. The Morgan fingerprint density at radius 1 is 1.15 bits per heavy atom. The van der Waals surface area contributed by atoms with Gasteiger partial charge in [-0.3, -0.25) is 19.2 Å². The summed E-state index contributed by atoms with van der Waals surface area (Å²) in [6, 6.07) is 14.8. The number of rotatable bonds is 13. The van der Waals surface area contributed by atoms with Gasteiger partial charge in [-0.05, 0) is 67.4 Å². The van der Waals surface area contributed by atoms with E-state index in [-0.39, 0.29) is 32.6 Å². The second-order valence-corrected chi connectivity index (χ2v) is 10.9. The Balaban J connectivity index is 1.87. The van der Waals surface area contributed by atoms with E-state index in [9.17, 15) is 23.3 Å². The number of ether oxygens (including phenoxy) is 2. The molecule has 0 spiro atoms. The van der Waals surface area contributed by atoms with Crippen molar-refractivity contribution >= 4 is 45.1 Å². The number of hydrogen-bond donors (Lipinski definition) is 1. The molecule has 1 N–H and O–H groups in total. The fourth-order valence-corrected chi connectivity index (χ4v) is 5.17. The molecule has 0 aliphatic heterocycles. The van der Waals surface area contributed by atoms with E-state index in [1.54, 1.807) is 24.3 Å². The van der Waals surface area contributed by atoms with Gasteiger partial charge in [-0.25, -0.2) is 13.8 Å². The normalized spacial score (nSPS) is 11.3. The van der Waals surface area contributed by atoms with Crippen molar-refractivity contribution < 1.29 is 27.6 Å². The summed E-state index contributed by atoms with van der Waals surface area (Å²) in [5.74, 6) is 0.0532. The molecule has 0 aromatic heterocycles. The molecular weight excluding hydrogens is 560 g/mol. The van der Waals surface area contributed by atoms with Gasteiger partial charge in [0.25, 0.3) is 21.6 Å². The second kappa shape index (κ2) is 13.8. The van der Waals surface area contributed by atoms with E-state index in [2.05, 4.69) is 17.5 Å². The third kappa shape index (κ3) is 7.70. The molecule has 1 amide bonds. The number of amides is 1. The Morgan fingerprint density at radius 2 is 1.88 bits per heavy atom. The average molecular weight is 589 g/mol. The highest BCUT2D eigenvalue weighted by atomic mass is 35.5. The van der Waals surface area contributed by atoms with Gasteiger partial charge in [-0.1, -0.05) is 31.0 Å². The molecule has 0 radical (unpaired) electrons. The van der Waals surface area contributed by atoms with E-state index < -0.39 is 27.4 Å². The number of aryl methyl sites for hydroxylation is 1. The molecule has 0 saturated carbocycles. The van der Waals surface area contributed by atoms with Crippen LogP contribution in [0.5, 0.6) is 11.5 Å². The topological polar surface area (TPSA) is 140 Å². The Labute approximate surface area is 237 Å². The summed E-state index contributed by atoms with van der Waals surface area (Å²) in [5, 5.41) is 15.6. The minimum Gasteiger partial charge on any atom is -0.495 e. The first kappa shape index (κ1) is 30.4. The molecule has 0 unspecified atom stereocenters. The monoisotopic (exact) mass is 588 g/mol. The highest BCUT2D eigenvalue weighted by Crippen LogP contribution is 2.35. The van der Waals surface area contributed by atoms with Crippen LogP contribution in [0.1, 0.15) is 30.9 Å². The van der Waals surface area contributed by atoms with Crippen LogP contribution in [0, 0.1) is 17.0 Å². The van der Waals surface area contributed by atoms with Crippen molar-refractivity contribution in [2.24, 2.45) is 5.10 Å². The van der Waals surface area contributed by atoms with Crippen LogP contribution >= 0.6 is 11.6 Å². The number of unbranched alkanes of at least 4 members (excludes halogenated alkanes) is 1. The van der Waals surface area contributed by atoms with Crippen LogP contribution in [-0.2, 0) is 14.8 Å². The van der Waals surface area contributed by atoms with Gasteiger partial charge in [-0.15, -0.1) is 0 Å². The predicted octanol–water partition coefficient (Wildman–Crippen LogP) is 5.09. The van der Waals surface area contributed by atoms with Gasteiger partial charge in [0.1, 0.15) is 18.0 Å². The summed E-state index contributed by atoms with van der Waals surface area (Å²) in [7, 11) is -3.17. The van der Waals surface area contributed by atoms with Crippen molar-refractivity contribution in [3.63, 3.8) is 0 Å². The first-order valence-electron chi connectivity index (χ1n) is 12.2. The fraction of sp³-hybridized carbons (Fsp3) is 0.259. The highest BCUT2D eigenvalue weighted by molar-refractivity contribution is 7.92. The molecule has 0 atom stereocenters. The van der Waals surface area contributed by atoms with Gasteiger partial charge in [0, 0.05) is 16.7 Å². The van der Waals surface area contributed by atoms with E-state index in [4.69, 9.17) is 21.1 Å². The van der Waals surface area contributed by atoms with Crippen molar-refractivity contribution in [2.45, 2.75) is 31.6 Å². The maximum absolute atomic E-state index is 13.7. The van der Waals surface area contributed by atoms with Crippen LogP contribution < -0.4 is 19.2 Å². The lowest BCUT2D eigenvalue weighted by Gasteiger charge is -2.25. The first-order chi connectivity index (χ1) is 19.1. The summed E-state index contributed by atoms with van der Waals surface area (Å²) in [6.45, 7) is 3.46. The number of hydrazone groups is 1. The lowest BCUT2D eigenvalue weighted by Crippen LogP contribution is -2.39. The van der Waals surface area contributed by atoms with Gasteiger partial charge < -0.3 is 9.47 Å². The summed E-state index contributed by atoms with van der Waals surface area (Å²) < 4.78 is 39.2. The Kier molecular flexibility index (Phi) is 10.5. The van der Waals surface area contributed by atoms with Crippen molar-refractivity contribution in [3.05, 3.63) is 86.9 Å². The number of nitrogens with zero attached hydrogens (tertiary/aromatic N) is 3. The van der Waals surface area contributed by atoms with E-state index in [0.717, 1.165) is 23.2 Å². The maximum atomic E-state index is 13.7. The number of methoxy groups -OCH3 is 1. The molecule has 0 saturated heterocycles. The quantitative estimate of drug-likeness (QED) is 0.127. The molecule has 0 fully saturated rings. The van der Waals surface area contributed by atoms with Gasteiger partial charge in [0.05, 0.1) is 35.4 Å². The summed E-state index contributed by atoms with van der Waals surface area (Å²) in [6.07, 6.45) is 3.37. The molecule has 212 valence electrons. The van der Waals surface area contributed by atoms with Gasteiger partial charge >= 0.3 is 0 Å². The molecule has 0 heterocycles. The molecule has 3 aromatic carbocycles. The molecule has 0 aliphatic rings. The smallest absolute Gasteiger partial charge is 0.273 e. The zero-order valence-corrected chi connectivity index (χ0v) is 23.7. The number of halogens is 1. The molecule has 0 aliphatic carbocycles. The lowest BCUT2D eigenvalue weighted by atomic mass is 10.2. The number of carbonyl (C=O) groups excluding carboxylic acids is 1. The summed E-state index contributed by atoms with van der Waals surface area (Å²) >= 11 is 6.14. The maximum Gasteiger partial charge on any atom is 0.273 e. The number of hydrogen-bond acceptors (Lipinski definition) is 8. The largest absolute Gasteiger partial charge is 0.495 e. The van der Waals surface area contributed by atoms with Gasteiger partial charge in [-0.2, -0.15) is 5.10 Å². The molecule has 13 heteroatoms. The van der Waals surface area contributed by atoms with E-state index in [1.807, 2.05) is 0 Å². The molecule has 40 heavy (non-hydrogen) atoms. The number of nitro groups is 1. The Hall–Kier alpha value is -4.16. The van der Waals surface area contributed by atoms with Crippen molar-refractivity contribution in [2.75, 3.05) is 24.6 Å². The van der Waals surface area contributed by atoms with Gasteiger partial charge in [0.2, 0.25) is 0 Å². The number of anilines is 1. The lowest BCUT2D eigenvalue weighted by molar-refractivity contribution is -0.385. The minimum atomic E-state index is -4.50. The van der Waals surface area contributed by atoms with Crippen LogP contribution in [0.4, 0.5) is 11.4 Å². The number of benzene rings is 3. The third-order valence-corrected chi connectivity index (χ3v) is 7.70. The van der Waals surface area contributed by atoms with Crippen LogP contribution in [-0.4, -0.2) is 45.7 Å². The van der Waals surface area contributed by atoms with Crippen molar-refractivity contribution in [1.82, 2.24) is 5.43 Å². The number of sulfonamides is 1. The van der Waals surface area contributed by atoms with E-state index in [1.165, 1.54) is 50.6 Å². The van der Waals surface area contributed by atoms with Crippen molar-refractivity contribution in [3.8, 4) is 11.5 Å². The van der Waals surface area contributed by atoms with E-state index in [0.29, 0.717) is 17.9 Å². The fourth-order valence-electron chi connectivity index (χ4n) is 3.56. The predicted molar refractivity (Wildman–Crippen MR) is 153 cm³/mol. The minimum absolute atomic E-state index is 0.0315. The Morgan fingerprint density at radius 3 is 2.52 bits per heavy atom. The zero-order chi connectivity index (χ0) is 29.3. The average Bonchev–Trinajstić information content (AvgIpc) is 2.92. The summed E-state index contributed by atoms with van der Waals surface area (Å²) in [5.41, 5.74) is 2.86. The zero-order valence-electron chi connectivity index (χ0n) is 22.2. The molecule has 3 aromatic rings. The van der Waals surface area contributed by atoms with Crippen LogP contribution in [0.15, 0.2) is 70.7 Å². The number of nitrogens with one attached hydrogen (secondary N) is 1. The van der Waals surface area contributed by atoms with Crippen LogP contribution in [0.2, 0.25) is 5.02 Å². The van der Waals surface area contributed by atoms with Crippen LogP contribution in [0.25, 0.3) is 0 Å². The van der Waals surface area contributed by atoms with Crippen LogP contribution in [0.3, 0.4) is 0 Å². The summed E-state index contributed by atoms with van der Waals surface area (Å²) in [4.78, 5) is 23.3. The van der Waals surface area contributed by atoms with Crippen molar-refractivity contribution in [1.29, 1.82) is 0 Å². The number of nitro benzene ring substituents is 1. The third-order valence-electron chi connectivity index (χ3n) is 5.71. The van der Waals surface area contributed by atoms with Gasteiger partial charge in [0.15, 0.2) is 0 Å². The molecular formula is C27H29ClN4O7S. The second-order valence-electron chi connectivity index (χ2n) is 8.60. The Bertz CT molecular complexity index is 1500.